The lowest BCUT2D eigenvalue weighted by molar-refractivity contribution is 0.896. The fourth-order valence-corrected chi connectivity index (χ4v) is 1.30. The minimum absolute atomic E-state index is 0.117. The third-order valence-corrected chi connectivity index (χ3v) is 2.02. The first kappa shape index (κ1) is 8.97. The number of nitrogens with zero attached hydrogens (tertiary/aromatic N) is 5. The van der Waals surface area contributed by atoms with Crippen molar-refractivity contribution in [2.24, 2.45) is 7.05 Å². The second kappa shape index (κ2) is 3.28. The third kappa shape index (κ3) is 1.25. The van der Waals surface area contributed by atoms with Crippen LogP contribution in [-0.4, -0.2) is 19.5 Å². The van der Waals surface area contributed by atoms with E-state index in [2.05, 4.69) is 15.0 Å². The van der Waals surface area contributed by atoms with Crippen molar-refractivity contribution < 1.29 is 0 Å². The molecule has 2 rings (SSSR count). The van der Waals surface area contributed by atoms with Gasteiger partial charge in [-0.05, 0) is 0 Å². The van der Waals surface area contributed by atoms with E-state index in [-0.39, 0.29) is 11.4 Å². The van der Waals surface area contributed by atoms with E-state index in [9.17, 15) is 0 Å². The van der Waals surface area contributed by atoms with Crippen molar-refractivity contribution >= 4 is 0 Å². The Kier molecular flexibility index (Phi) is 1.96. The maximum atomic E-state index is 8.85. The third-order valence-electron chi connectivity index (χ3n) is 2.02. The van der Waals surface area contributed by atoms with Gasteiger partial charge in [-0.25, -0.2) is 9.97 Å². The molecule has 0 amide bonds. The van der Waals surface area contributed by atoms with E-state index in [1.165, 1.54) is 4.57 Å². The number of hydrogen-bond acceptors (Lipinski definition) is 4. The molecule has 15 heavy (non-hydrogen) atoms. The number of nitriles is 2. The standard InChI is InChI=1S/C9H6N6/c1-15-7(5-11)6(4-10)14-9(15)8-12-2-3-13-8/h2-3H,1H3,(H,12,13). The first-order valence-electron chi connectivity index (χ1n) is 4.14. The van der Waals surface area contributed by atoms with Crippen LogP contribution in [0.25, 0.3) is 11.6 Å². The Bertz CT molecular complexity index is 563. The van der Waals surface area contributed by atoms with Crippen LogP contribution in [0, 0.1) is 22.7 Å². The highest BCUT2D eigenvalue weighted by atomic mass is 15.1. The predicted molar refractivity (Wildman–Crippen MR) is 50.2 cm³/mol. The molecule has 1 N–H and O–H groups in total. The van der Waals surface area contributed by atoms with Gasteiger partial charge in [-0.1, -0.05) is 0 Å². The summed E-state index contributed by atoms with van der Waals surface area (Å²) in [4.78, 5) is 10.9. The van der Waals surface area contributed by atoms with Gasteiger partial charge in [0.05, 0.1) is 0 Å². The summed E-state index contributed by atoms with van der Waals surface area (Å²) in [5, 5.41) is 17.6. The number of nitrogens with one attached hydrogen (secondary N) is 1. The molecule has 0 aliphatic heterocycles. The summed E-state index contributed by atoms with van der Waals surface area (Å²) >= 11 is 0. The molecule has 0 fully saturated rings. The predicted octanol–water partition coefficient (Wildman–Crippen LogP) is 0.554. The second-order valence-electron chi connectivity index (χ2n) is 2.85. The van der Waals surface area contributed by atoms with E-state index in [1.807, 2.05) is 12.1 Å². The van der Waals surface area contributed by atoms with Gasteiger partial charge in [0.2, 0.25) is 0 Å². The van der Waals surface area contributed by atoms with Crippen LogP contribution in [0.3, 0.4) is 0 Å². The summed E-state index contributed by atoms with van der Waals surface area (Å²) in [5.41, 5.74) is 0.357. The van der Waals surface area contributed by atoms with Crippen molar-refractivity contribution in [1.82, 2.24) is 19.5 Å². The van der Waals surface area contributed by atoms with Gasteiger partial charge in [0.1, 0.15) is 12.1 Å². The van der Waals surface area contributed by atoms with Crippen molar-refractivity contribution in [3.8, 4) is 23.8 Å². The summed E-state index contributed by atoms with van der Waals surface area (Å²) in [7, 11) is 1.67. The zero-order valence-corrected chi connectivity index (χ0v) is 7.89. The summed E-state index contributed by atoms with van der Waals surface area (Å²) in [6.07, 6.45) is 3.24. The van der Waals surface area contributed by atoms with Crippen LogP contribution in [-0.2, 0) is 7.05 Å². The molecule has 0 aliphatic rings. The SMILES string of the molecule is Cn1c(-c2ncc[nH]2)nc(C#N)c1C#N. The first-order chi connectivity index (χ1) is 7.27. The molecular weight excluding hydrogens is 192 g/mol. The molecule has 0 radical (unpaired) electrons. The molecule has 0 unspecified atom stereocenters. The van der Waals surface area contributed by atoms with Crippen molar-refractivity contribution in [1.29, 1.82) is 10.5 Å². The molecule has 2 aromatic heterocycles. The van der Waals surface area contributed by atoms with E-state index in [0.717, 1.165) is 0 Å². The topological polar surface area (TPSA) is 94.1 Å². The molecule has 6 nitrogen and oxygen atoms in total. The Morgan fingerprint density at radius 3 is 2.67 bits per heavy atom. The summed E-state index contributed by atoms with van der Waals surface area (Å²) < 4.78 is 1.54. The van der Waals surface area contributed by atoms with Crippen LogP contribution in [0.5, 0.6) is 0 Å². The van der Waals surface area contributed by atoms with Gasteiger partial charge >= 0.3 is 0 Å². The molecule has 0 bridgehead atoms. The van der Waals surface area contributed by atoms with Crippen LogP contribution in [0.1, 0.15) is 11.4 Å². The Morgan fingerprint density at radius 1 is 1.40 bits per heavy atom. The molecular formula is C9H6N6. The largest absolute Gasteiger partial charge is 0.342 e. The highest BCUT2D eigenvalue weighted by Crippen LogP contribution is 2.16. The highest BCUT2D eigenvalue weighted by molar-refractivity contribution is 5.51. The fraction of sp³-hybridized carbons (Fsp3) is 0.111. The maximum absolute atomic E-state index is 8.85. The number of hydrogen-bond donors (Lipinski definition) is 1. The molecule has 0 aromatic carbocycles. The van der Waals surface area contributed by atoms with Gasteiger partial charge in [-0.3, -0.25) is 0 Å². The minimum atomic E-state index is 0.117. The lowest BCUT2D eigenvalue weighted by atomic mass is 10.4. The lowest BCUT2D eigenvalue weighted by Crippen LogP contribution is -1.96. The van der Waals surface area contributed by atoms with Crippen molar-refractivity contribution in [3.63, 3.8) is 0 Å². The van der Waals surface area contributed by atoms with Gasteiger partial charge < -0.3 is 9.55 Å². The molecule has 0 atom stereocenters. The number of imidazole rings is 2. The quantitative estimate of drug-likeness (QED) is 0.724. The number of rotatable bonds is 1. The molecule has 0 aliphatic carbocycles. The molecule has 2 aromatic rings. The van der Waals surface area contributed by atoms with Crippen LogP contribution in [0.2, 0.25) is 0 Å². The average Bonchev–Trinajstić information content (AvgIpc) is 2.84. The Labute approximate surface area is 85.4 Å². The normalized spacial score (nSPS) is 9.53. The van der Waals surface area contributed by atoms with Gasteiger partial charge in [-0.15, -0.1) is 0 Å². The monoisotopic (exact) mass is 198 g/mol. The minimum Gasteiger partial charge on any atom is -0.342 e. The van der Waals surface area contributed by atoms with Gasteiger partial charge in [0, 0.05) is 19.4 Å². The van der Waals surface area contributed by atoms with Crippen molar-refractivity contribution in [2.75, 3.05) is 0 Å². The van der Waals surface area contributed by atoms with E-state index in [0.29, 0.717) is 11.6 Å². The molecule has 6 heteroatoms. The lowest BCUT2D eigenvalue weighted by Gasteiger charge is -1.96. The summed E-state index contributed by atoms with van der Waals surface area (Å²) in [5.74, 6) is 1.02. The average molecular weight is 198 g/mol. The highest BCUT2D eigenvalue weighted by Gasteiger charge is 2.16. The van der Waals surface area contributed by atoms with Crippen LogP contribution in [0.15, 0.2) is 12.4 Å². The number of aromatic nitrogens is 4. The molecule has 2 heterocycles. The molecule has 0 saturated heterocycles. The van der Waals surface area contributed by atoms with E-state index in [1.54, 1.807) is 19.4 Å². The van der Waals surface area contributed by atoms with E-state index >= 15 is 0 Å². The van der Waals surface area contributed by atoms with Gasteiger partial charge in [0.25, 0.3) is 0 Å². The first-order valence-corrected chi connectivity index (χ1v) is 4.14. The second-order valence-corrected chi connectivity index (χ2v) is 2.85. The molecule has 0 spiro atoms. The Balaban J connectivity index is 2.67. The van der Waals surface area contributed by atoms with Crippen LogP contribution < -0.4 is 0 Å². The van der Waals surface area contributed by atoms with Crippen molar-refractivity contribution in [2.45, 2.75) is 0 Å². The zero-order chi connectivity index (χ0) is 10.8. The molecule has 0 saturated carbocycles. The zero-order valence-electron chi connectivity index (χ0n) is 7.89. The van der Waals surface area contributed by atoms with Crippen molar-refractivity contribution in [3.05, 3.63) is 23.8 Å². The Morgan fingerprint density at radius 2 is 2.20 bits per heavy atom. The number of aromatic amines is 1. The maximum Gasteiger partial charge on any atom is 0.178 e. The summed E-state index contributed by atoms with van der Waals surface area (Å²) in [6, 6.07) is 3.81. The summed E-state index contributed by atoms with van der Waals surface area (Å²) in [6.45, 7) is 0. The van der Waals surface area contributed by atoms with Crippen LogP contribution in [0.4, 0.5) is 0 Å². The number of H-pyrrole nitrogens is 1. The molecule has 72 valence electrons. The van der Waals surface area contributed by atoms with E-state index < -0.39 is 0 Å². The smallest absolute Gasteiger partial charge is 0.178 e. The van der Waals surface area contributed by atoms with Gasteiger partial charge in [-0.2, -0.15) is 10.5 Å². The fourth-order valence-electron chi connectivity index (χ4n) is 1.30. The van der Waals surface area contributed by atoms with E-state index in [4.69, 9.17) is 10.5 Å². The van der Waals surface area contributed by atoms with Gasteiger partial charge in [0.15, 0.2) is 23.0 Å². The Hall–Kier alpha value is -2.60. The van der Waals surface area contributed by atoms with Crippen LogP contribution >= 0.6 is 0 Å².